The molecule has 11 heavy (non-hydrogen) atoms. The molecular weight excluding hydrogens is 136 g/mol. The zero-order valence-electron chi connectivity index (χ0n) is 7.67. The highest BCUT2D eigenvalue weighted by Gasteiger charge is 2.44. The summed E-state index contributed by atoms with van der Waals surface area (Å²) in [6, 6.07) is 0. The first-order valence-electron chi connectivity index (χ1n) is 4.30. The molecule has 1 aliphatic carbocycles. The van der Waals surface area contributed by atoms with Gasteiger partial charge >= 0.3 is 0 Å². The molecule has 3 atom stereocenters. The van der Waals surface area contributed by atoms with Crippen molar-refractivity contribution in [3.63, 3.8) is 0 Å². The quantitative estimate of drug-likeness (QED) is 0.605. The van der Waals surface area contributed by atoms with Gasteiger partial charge in [0.25, 0.3) is 0 Å². The highest BCUT2D eigenvalue weighted by atomic mass is 16.3. The Balaban J connectivity index is 2.57. The summed E-state index contributed by atoms with van der Waals surface area (Å²) >= 11 is 0. The summed E-state index contributed by atoms with van der Waals surface area (Å²) in [6.45, 7) is 10.2. The molecule has 0 aromatic heterocycles. The molecule has 1 rings (SSSR count). The Kier molecular flexibility index (Phi) is 2.10. The predicted octanol–water partition coefficient (Wildman–Crippen LogP) is 2.22. The number of hydrogen-bond acceptors (Lipinski definition) is 1. The van der Waals surface area contributed by atoms with Crippen molar-refractivity contribution in [2.75, 3.05) is 0 Å². The van der Waals surface area contributed by atoms with Crippen molar-refractivity contribution in [2.24, 2.45) is 17.3 Å². The van der Waals surface area contributed by atoms with Crippen molar-refractivity contribution in [1.29, 1.82) is 0 Å². The molecule has 1 fully saturated rings. The molecule has 0 aromatic carbocycles. The molecule has 0 spiro atoms. The first-order chi connectivity index (χ1) is 4.99. The Hall–Kier alpha value is -0.300. The van der Waals surface area contributed by atoms with E-state index in [1.807, 2.05) is 6.08 Å². The lowest BCUT2D eigenvalue weighted by atomic mass is 9.61. The van der Waals surface area contributed by atoms with E-state index in [0.29, 0.717) is 11.8 Å². The highest BCUT2D eigenvalue weighted by molar-refractivity contribution is 5.02. The van der Waals surface area contributed by atoms with Gasteiger partial charge in [-0.2, -0.15) is 0 Å². The molecule has 1 aliphatic rings. The summed E-state index contributed by atoms with van der Waals surface area (Å²) in [5.41, 5.74) is 0.103. The fourth-order valence-corrected chi connectivity index (χ4v) is 1.78. The third kappa shape index (κ3) is 1.34. The fourth-order valence-electron chi connectivity index (χ4n) is 1.78. The Morgan fingerprint density at radius 3 is 2.36 bits per heavy atom. The van der Waals surface area contributed by atoms with Crippen LogP contribution in [0.1, 0.15) is 27.2 Å². The molecule has 1 heteroatoms. The van der Waals surface area contributed by atoms with Gasteiger partial charge in [0.15, 0.2) is 0 Å². The maximum atomic E-state index is 9.60. The van der Waals surface area contributed by atoms with E-state index in [2.05, 4.69) is 27.4 Å². The topological polar surface area (TPSA) is 20.2 Å². The van der Waals surface area contributed by atoms with Gasteiger partial charge in [-0.3, -0.25) is 0 Å². The first-order valence-corrected chi connectivity index (χ1v) is 4.30. The van der Waals surface area contributed by atoms with Crippen LogP contribution >= 0.6 is 0 Å². The standard InChI is InChI=1S/C10H18O/c1-5-10(3,4)8-6-7(2)9(8)11/h5,7-9,11H,1,6H2,2-4H3/t7-,8+,9?/m1/s1. The lowest BCUT2D eigenvalue weighted by molar-refractivity contribution is -0.0741. The Bertz CT molecular complexity index is 160. The molecule has 1 N–H and O–H groups in total. The van der Waals surface area contributed by atoms with Gasteiger partial charge in [0, 0.05) is 0 Å². The van der Waals surface area contributed by atoms with E-state index in [0.717, 1.165) is 6.42 Å². The molecule has 0 saturated heterocycles. The molecule has 0 radical (unpaired) electrons. The fraction of sp³-hybridized carbons (Fsp3) is 0.800. The van der Waals surface area contributed by atoms with Crippen LogP contribution in [0, 0.1) is 17.3 Å². The van der Waals surface area contributed by atoms with Crippen molar-refractivity contribution in [3.8, 4) is 0 Å². The van der Waals surface area contributed by atoms with Gasteiger partial charge in [-0.25, -0.2) is 0 Å². The van der Waals surface area contributed by atoms with E-state index in [1.54, 1.807) is 0 Å². The number of rotatable bonds is 2. The smallest absolute Gasteiger partial charge is 0.0602 e. The van der Waals surface area contributed by atoms with E-state index in [4.69, 9.17) is 0 Å². The molecule has 0 heterocycles. The van der Waals surface area contributed by atoms with Crippen LogP contribution in [-0.4, -0.2) is 11.2 Å². The average Bonchev–Trinajstić information content (AvgIpc) is 1.99. The first kappa shape index (κ1) is 8.79. The molecule has 1 unspecified atom stereocenters. The summed E-state index contributed by atoms with van der Waals surface area (Å²) in [7, 11) is 0. The SMILES string of the molecule is C=CC(C)(C)[C@H]1C[C@@H](C)C1O. The molecular formula is C10H18O. The summed E-state index contributed by atoms with van der Waals surface area (Å²) in [4.78, 5) is 0. The van der Waals surface area contributed by atoms with Crippen LogP contribution < -0.4 is 0 Å². The van der Waals surface area contributed by atoms with Gasteiger partial charge in [-0.1, -0.05) is 26.8 Å². The third-order valence-electron chi connectivity index (χ3n) is 3.10. The average molecular weight is 154 g/mol. The largest absolute Gasteiger partial charge is 0.393 e. The minimum absolute atomic E-state index is 0.103. The van der Waals surface area contributed by atoms with Gasteiger partial charge in [0.1, 0.15) is 0 Å². The number of aliphatic hydroxyl groups is 1. The van der Waals surface area contributed by atoms with Crippen LogP contribution in [0.3, 0.4) is 0 Å². The molecule has 64 valence electrons. The molecule has 1 saturated carbocycles. The summed E-state index contributed by atoms with van der Waals surface area (Å²) < 4.78 is 0. The number of hydrogen-bond donors (Lipinski definition) is 1. The van der Waals surface area contributed by atoms with Gasteiger partial charge in [0.05, 0.1) is 6.10 Å². The second-order valence-electron chi connectivity index (χ2n) is 4.34. The van der Waals surface area contributed by atoms with Gasteiger partial charge in [-0.15, -0.1) is 6.58 Å². The lowest BCUT2D eigenvalue weighted by Crippen LogP contribution is -2.47. The van der Waals surface area contributed by atoms with E-state index < -0.39 is 0 Å². The van der Waals surface area contributed by atoms with Gasteiger partial charge < -0.3 is 5.11 Å². The van der Waals surface area contributed by atoms with Crippen LogP contribution in [0.4, 0.5) is 0 Å². The van der Waals surface area contributed by atoms with E-state index in [1.165, 1.54) is 0 Å². The monoisotopic (exact) mass is 154 g/mol. The van der Waals surface area contributed by atoms with Crippen molar-refractivity contribution < 1.29 is 5.11 Å². The molecule has 0 amide bonds. The van der Waals surface area contributed by atoms with Crippen molar-refractivity contribution in [3.05, 3.63) is 12.7 Å². The number of allylic oxidation sites excluding steroid dienone is 1. The van der Waals surface area contributed by atoms with Gasteiger partial charge in [-0.05, 0) is 23.7 Å². The van der Waals surface area contributed by atoms with Gasteiger partial charge in [0.2, 0.25) is 0 Å². The molecule has 0 aromatic rings. The van der Waals surface area contributed by atoms with Crippen LogP contribution in [0.15, 0.2) is 12.7 Å². The van der Waals surface area contributed by atoms with E-state index in [9.17, 15) is 5.11 Å². The summed E-state index contributed by atoms with van der Waals surface area (Å²) in [5.74, 6) is 0.911. The van der Waals surface area contributed by atoms with Crippen molar-refractivity contribution in [2.45, 2.75) is 33.3 Å². The number of aliphatic hydroxyl groups excluding tert-OH is 1. The van der Waals surface area contributed by atoms with Crippen LogP contribution in [0.5, 0.6) is 0 Å². The van der Waals surface area contributed by atoms with Crippen molar-refractivity contribution >= 4 is 0 Å². The highest BCUT2D eigenvalue weighted by Crippen LogP contribution is 2.45. The van der Waals surface area contributed by atoms with Crippen LogP contribution in [-0.2, 0) is 0 Å². The molecule has 1 nitrogen and oxygen atoms in total. The van der Waals surface area contributed by atoms with Crippen LogP contribution in [0.2, 0.25) is 0 Å². The second kappa shape index (κ2) is 2.63. The molecule has 0 bridgehead atoms. The normalized spacial score (nSPS) is 38.0. The minimum Gasteiger partial charge on any atom is -0.393 e. The Labute approximate surface area is 69.1 Å². The molecule has 0 aliphatic heterocycles. The van der Waals surface area contributed by atoms with Crippen LogP contribution in [0.25, 0.3) is 0 Å². The van der Waals surface area contributed by atoms with E-state index >= 15 is 0 Å². The lowest BCUT2D eigenvalue weighted by Gasteiger charge is -2.47. The Morgan fingerprint density at radius 1 is 1.55 bits per heavy atom. The Morgan fingerprint density at radius 2 is 2.09 bits per heavy atom. The predicted molar refractivity (Wildman–Crippen MR) is 47.3 cm³/mol. The third-order valence-corrected chi connectivity index (χ3v) is 3.10. The zero-order chi connectivity index (χ0) is 8.65. The zero-order valence-corrected chi connectivity index (χ0v) is 7.67. The maximum absolute atomic E-state index is 9.60. The van der Waals surface area contributed by atoms with E-state index in [-0.39, 0.29) is 11.5 Å². The van der Waals surface area contributed by atoms with Crippen molar-refractivity contribution in [1.82, 2.24) is 0 Å². The minimum atomic E-state index is -0.108. The summed E-state index contributed by atoms with van der Waals surface area (Å²) in [6.07, 6.45) is 2.98. The second-order valence-corrected chi connectivity index (χ2v) is 4.34. The maximum Gasteiger partial charge on any atom is 0.0602 e. The summed E-state index contributed by atoms with van der Waals surface area (Å²) in [5, 5.41) is 9.60.